The standard InChI is InChI=1S/C15H29N3/c1-12(11-17-7-3-4-8-17)18-14-5-6-15(18)10-13(9-14)16-2/h12-16H,3-11H2,1-2H3. The number of piperidine rings is 1. The van der Waals surface area contributed by atoms with Crippen molar-refractivity contribution in [3.05, 3.63) is 0 Å². The van der Waals surface area contributed by atoms with E-state index in [-0.39, 0.29) is 0 Å². The summed E-state index contributed by atoms with van der Waals surface area (Å²) in [5.41, 5.74) is 0. The molecule has 0 aromatic carbocycles. The predicted octanol–water partition coefficient (Wildman–Crippen LogP) is 1.69. The molecule has 3 aliphatic heterocycles. The minimum absolute atomic E-state index is 0.762. The molecule has 0 amide bonds. The highest BCUT2D eigenvalue weighted by Gasteiger charge is 2.42. The summed E-state index contributed by atoms with van der Waals surface area (Å²) in [6.45, 7) is 6.44. The van der Waals surface area contributed by atoms with Crippen molar-refractivity contribution in [3.63, 3.8) is 0 Å². The van der Waals surface area contributed by atoms with Gasteiger partial charge in [-0.2, -0.15) is 0 Å². The number of hydrogen-bond acceptors (Lipinski definition) is 3. The minimum atomic E-state index is 0.762. The number of fused-ring (bicyclic) bond motifs is 2. The lowest BCUT2D eigenvalue weighted by Gasteiger charge is -2.43. The van der Waals surface area contributed by atoms with Crippen molar-refractivity contribution in [2.45, 2.75) is 69.6 Å². The summed E-state index contributed by atoms with van der Waals surface area (Å²) < 4.78 is 0. The fourth-order valence-electron chi connectivity index (χ4n) is 4.60. The van der Waals surface area contributed by atoms with E-state index in [1.165, 1.54) is 58.2 Å². The Balaban J connectivity index is 1.58. The fourth-order valence-corrected chi connectivity index (χ4v) is 4.60. The monoisotopic (exact) mass is 251 g/mol. The van der Waals surface area contributed by atoms with E-state index in [0.717, 1.165) is 24.2 Å². The van der Waals surface area contributed by atoms with Crippen LogP contribution in [0.25, 0.3) is 0 Å². The number of likely N-dealkylation sites (tertiary alicyclic amines) is 1. The van der Waals surface area contributed by atoms with Gasteiger partial charge < -0.3 is 10.2 Å². The van der Waals surface area contributed by atoms with Crippen LogP contribution in [0.2, 0.25) is 0 Å². The van der Waals surface area contributed by atoms with Crippen LogP contribution in [-0.4, -0.2) is 60.6 Å². The quantitative estimate of drug-likeness (QED) is 0.820. The van der Waals surface area contributed by atoms with E-state index in [1.54, 1.807) is 0 Å². The maximum Gasteiger partial charge on any atom is 0.0200 e. The number of hydrogen-bond donors (Lipinski definition) is 1. The van der Waals surface area contributed by atoms with E-state index >= 15 is 0 Å². The van der Waals surface area contributed by atoms with E-state index in [2.05, 4.69) is 29.1 Å². The average molecular weight is 251 g/mol. The minimum Gasteiger partial charge on any atom is -0.317 e. The summed E-state index contributed by atoms with van der Waals surface area (Å²) in [6.07, 6.45) is 8.46. The van der Waals surface area contributed by atoms with Gasteiger partial charge in [-0.05, 0) is 65.6 Å². The molecular weight excluding hydrogens is 222 g/mol. The lowest BCUT2D eigenvalue weighted by atomic mass is 9.95. The van der Waals surface area contributed by atoms with Gasteiger partial charge in [0.2, 0.25) is 0 Å². The van der Waals surface area contributed by atoms with Crippen molar-refractivity contribution in [1.29, 1.82) is 0 Å². The topological polar surface area (TPSA) is 18.5 Å². The third-order valence-electron chi connectivity index (χ3n) is 5.43. The lowest BCUT2D eigenvalue weighted by molar-refractivity contribution is 0.0624. The smallest absolute Gasteiger partial charge is 0.0200 e. The van der Waals surface area contributed by atoms with Gasteiger partial charge in [-0.25, -0.2) is 0 Å². The molecule has 3 aliphatic rings. The molecule has 18 heavy (non-hydrogen) atoms. The van der Waals surface area contributed by atoms with Crippen molar-refractivity contribution >= 4 is 0 Å². The molecule has 3 fully saturated rings. The SMILES string of the molecule is CNC1CC2CCC(C1)N2C(C)CN1CCCC1. The summed E-state index contributed by atoms with van der Waals surface area (Å²) >= 11 is 0. The molecule has 0 aromatic heterocycles. The van der Waals surface area contributed by atoms with E-state index in [0.29, 0.717) is 0 Å². The van der Waals surface area contributed by atoms with Crippen LogP contribution in [0.15, 0.2) is 0 Å². The van der Waals surface area contributed by atoms with Crippen LogP contribution in [0, 0.1) is 0 Å². The van der Waals surface area contributed by atoms with Crippen LogP contribution in [0.1, 0.15) is 45.4 Å². The molecule has 3 heterocycles. The van der Waals surface area contributed by atoms with E-state index in [4.69, 9.17) is 0 Å². The highest BCUT2D eigenvalue weighted by atomic mass is 15.3. The highest BCUT2D eigenvalue weighted by molar-refractivity contribution is 4.99. The first-order valence-corrected chi connectivity index (χ1v) is 7.95. The van der Waals surface area contributed by atoms with Gasteiger partial charge in [-0.15, -0.1) is 0 Å². The molecule has 0 spiro atoms. The molecular formula is C15H29N3. The molecule has 3 saturated heterocycles. The van der Waals surface area contributed by atoms with Crippen molar-refractivity contribution in [2.24, 2.45) is 0 Å². The molecule has 0 aliphatic carbocycles. The van der Waals surface area contributed by atoms with Gasteiger partial charge in [0.1, 0.15) is 0 Å². The van der Waals surface area contributed by atoms with Crippen LogP contribution in [-0.2, 0) is 0 Å². The summed E-state index contributed by atoms with van der Waals surface area (Å²) in [4.78, 5) is 5.54. The highest BCUT2D eigenvalue weighted by Crippen LogP contribution is 2.37. The second-order valence-electron chi connectivity index (χ2n) is 6.65. The molecule has 104 valence electrons. The maximum absolute atomic E-state index is 3.50. The first-order chi connectivity index (χ1) is 8.78. The van der Waals surface area contributed by atoms with Crippen molar-refractivity contribution < 1.29 is 0 Å². The molecule has 0 radical (unpaired) electrons. The van der Waals surface area contributed by atoms with Gasteiger partial charge in [-0.3, -0.25) is 4.90 Å². The molecule has 3 unspecified atom stereocenters. The first-order valence-electron chi connectivity index (χ1n) is 7.95. The van der Waals surface area contributed by atoms with Crippen LogP contribution in [0.3, 0.4) is 0 Å². The van der Waals surface area contributed by atoms with Crippen LogP contribution in [0.4, 0.5) is 0 Å². The number of nitrogens with zero attached hydrogens (tertiary/aromatic N) is 2. The molecule has 2 bridgehead atoms. The third-order valence-corrected chi connectivity index (χ3v) is 5.43. The van der Waals surface area contributed by atoms with Gasteiger partial charge in [0, 0.05) is 30.7 Å². The Kier molecular flexibility index (Phi) is 3.92. The largest absolute Gasteiger partial charge is 0.317 e. The molecule has 3 nitrogen and oxygen atoms in total. The first kappa shape index (κ1) is 12.9. The Labute approximate surface area is 112 Å². The van der Waals surface area contributed by atoms with Crippen molar-refractivity contribution in [3.8, 4) is 0 Å². The zero-order valence-corrected chi connectivity index (χ0v) is 12.1. The molecule has 0 aromatic rings. The number of rotatable bonds is 4. The molecule has 3 atom stereocenters. The van der Waals surface area contributed by atoms with Gasteiger partial charge in [0.15, 0.2) is 0 Å². The second-order valence-corrected chi connectivity index (χ2v) is 6.65. The van der Waals surface area contributed by atoms with Crippen molar-refractivity contribution in [2.75, 3.05) is 26.7 Å². The van der Waals surface area contributed by atoms with E-state index in [9.17, 15) is 0 Å². The van der Waals surface area contributed by atoms with Gasteiger partial charge in [0.05, 0.1) is 0 Å². The lowest BCUT2D eigenvalue weighted by Crippen LogP contribution is -2.54. The summed E-state index contributed by atoms with van der Waals surface area (Å²) in [5.74, 6) is 0. The normalized spacial score (nSPS) is 39.3. The Hall–Kier alpha value is -0.120. The van der Waals surface area contributed by atoms with Gasteiger partial charge in [0.25, 0.3) is 0 Å². The molecule has 1 N–H and O–H groups in total. The van der Waals surface area contributed by atoms with Crippen LogP contribution >= 0.6 is 0 Å². The third kappa shape index (κ3) is 2.45. The van der Waals surface area contributed by atoms with E-state index < -0.39 is 0 Å². The average Bonchev–Trinajstić information content (AvgIpc) is 2.95. The van der Waals surface area contributed by atoms with Crippen LogP contribution < -0.4 is 5.32 Å². The zero-order valence-electron chi connectivity index (χ0n) is 12.1. The predicted molar refractivity (Wildman–Crippen MR) is 75.9 cm³/mol. The van der Waals surface area contributed by atoms with Gasteiger partial charge >= 0.3 is 0 Å². The van der Waals surface area contributed by atoms with E-state index in [1.807, 2.05) is 0 Å². The fraction of sp³-hybridized carbons (Fsp3) is 1.00. The Morgan fingerprint density at radius 2 is 1.72 bits per heavy atom. The summed E-state index contributed by atoms with van der Waals surface area (Å²) in [6, 6.07) is 3.26. The molecule has 3 heteroatoms. The molecule has 3 rings (SSSR count). The van der Waals surface area contributed by atoms with Crippen LogP contribution in [0.5, 0.6) is 0 Å². The Morgan fingerprint density at radius 1 is 1.11 bits per heavy atom. The van der Waals surface area contributed by atoms with Gasteiger partial charge in [-0.1, -0.05) is 0 Å². The summed E-state index contributed by atoms with van der Waals surface area (Å²) in [7, 11) is 2.13. The Morgan fingerprint density at radius 3 is 2.28 bits per heavy atom. The molecule has 0 saturated carbocycles. The Bertz CT molecular complexity index is 261. The zero-order chi connectivity index (χ0) is 12.5. The maximum atomic E-state index is 3.50. The number of nitrogens with one attached hydrogen (secondary N) is 1. The summed E-state index contributed by atoms with van der Waals surface area (Å²) in [5, 5.41) is 3.50. The second kappa shape index (κ2) is 5.48. The van der Waals surface area contributed by atoms with Crippen molar-refractivity contribution in [1.82, 2.24) is 15.1 Å².